The highest BCUT2D eigenvalue weighted by Crippen LogP contribution is 2.46. The van der Waals surface area contributed by atoms with Crippen molar-refractivity contribution in [2.45, 2.75) is 0 Å². The maximum atomic E-state index is 6.97. The molecule has 2 heterocycles. The molecule has 0 bridgehead atoms. The summed E-state index contributed by atoms with van der Waals surface area (Å²) >= 11 is 0. The maximum absolute atomic E-state index is 6.97. The number of anilines is 3. The second-order valence-corrected chi connectivity index (χ2v) is 18.0. The zero-order chi connectivity index (χ0) is 45.4. The van der Waals surface area contributed by atoms with Crippen molar-refractivity contribution in [3.63, 3.8) is 0 Å². The first-order chi connectivity index (χ1) is 34.2. The van der Waals surface area contributed by atoms with Gasteiger partial charge in [0.1, 0.15) is 11.2 Å². The summed E-state index contributed by atoms with van der Waals surface area (Å²) in [6.45, 7) is 0. The van der Waals surface area contributed by atoms with Crippen LogP contribution in [-0.2, 0) is 0 Å². The van der Waals surface area contributed by atoms with Gasteiger partial charge in [-0.3, -0.25) is 0 Å². The standard InChI is InChI=1S/C66H42N2O/c1-3-20-53-44(14-1)30-31-46-32-33-49(42-61(46)53)48-17-12-18-51(41-48)67(62-27-8-7-24-57(62)58-25-13-26-59-60-39-36-45-15-2-4-21-54(45)65(60)69-66(58)59)50-37-34-43(35-38-50)47-16-11-19-52(40-47)68-63-28-9-5-22-55(63)56-23-6-10-29-64(56)68/h1-42H. The molecule has 3 nitrogen and oxygen atoms in total. The number of hydrogen-bond donors (Lipinski definition) is 0. The fourth-order valence-corrected chi connectivity index (χ4v) is 10.9. The van der Waals surface area contributed by atoms with Crippen LogP contribution in [0.3, 0.4) is 0 Å². The van der Waals surface area contributed by atoms with Crippen LogP contribution in [0.5, 0.6) is 0 Å². The Bertz CT molecular complexity index is 4270. The third-order valence-electron chi connectivity index (χ3n) is 14.2. The molecule has 0 spiro atoms. The van der Waals surface area contributed by atoms with Crippen molar-refractivity contribution in [2.24, 2.45) is 0 Å². The molecule has 14 aromatic rings. The van der Waals surface area contributed by atoms with E-state index in [1.54, 1.807) is 0 Å². The molecule has 322 valence electrons. The fraction of sp³-hybridized carbons (Fsp3) is 0. The van der Waals surface area contributed by atoms with Crippen LogP contribution in [-0.4, -0.2) is 4.57 Å². The van der Waals surface area contributed by atoms with Gasteiger partial charge in [0, 0.05) is 55.1 Å². The largest absolute Gasteiger partial charge is 0.455 e. The summed E-state index contributed by atoms with van der Waals surface area (Å²) in [5.41, 5.74) is 15.2. The first-order valence-corrected chi connectivity index (χ1v) is 23.7. The van der Waals surface area contributed by atoms with Crippen LogP contribution in [0.1, 0.15) is 0 Å². The van der Waals surface area contributed by atoms with Gasteiger partial charge in [-0.05, 0) is 116 Å². The Kier molecular flexibility index (Phi) is 8.90. The molecule has 69 heavy (non-hydrogen) atoms. The van der Waals surface area contributed by atoms with Gasteiger partial charge in [0.15, 0.2) is 0 Å². The molecule has 2 aromatic heterocycles. The number of furan rings is 1. The van der Waals surface area contributed by atoms with E-state index >= 15 is 0 Å². The molecule has 14 rings (SSSR count). The number of hydrogen-bond acceptors (Lipinski definition) is 2. The normalized spacial score (nSPS) is 11.8. The topological polar surface area (TPSA) is 21.3 Å². The Morgan fingerprint density at radius 2 is 0.826 bits per heavy atom. The molecule has 0 aliphatic rings. The molecular weight excluding hydrogens is 837 g/mol. The van der Waals surface area contributed by atoms with E-state index in [1.165, 1.54) is 54.3 Å². The molecule has 0 aliphatic heterocycles. The number of fused-ring (bicyclic) bond motifs is 11. The maximum Gasteiger partial charge on any atom is 0.143 e. The lowest BCUT2D eigenvalue weighted by Gasteiger charge is -2.28. The van der Waals surface area contributed by atoms with Crippen molar-refractivity contribution in [1.82, 2.24) is 4.57 Å². The predicted molar refractivity (Wildman–Crippen MR) is 292 cm³/mol. The van der Waals surface area contributed by atoms with Crippen LogP contribution in [0.25, 0.3) is 115 Å². The molecule has 0 amide bonds. The van der Waals surface area contributed by atoms with E-state index in [9.17, 15) is 0 Å². The number of nitrogens with zero attached hydrogens (tertiary/aromatic N) is 2. The third-order valence-corrected chi connectivity index (χ3v) is 14.2. The van der Waals surface area contributed by atoms with E-state index < -0.39 is 0 Å². The molecule has 0 fully saturated rings. The average molecular weight is 879 g/mol. The van der Waals surface area contributed by atoms with Gasteiger partial charge in [0.05, 0.1) is 16.7 Å². The molecule has 0 N–H and O–H groups in total. The smallest absolute Gasteiger partial charge is 0.143 e. The fourth-order valence-electron chi connectivity index (χ4n) is 10.9. The van der Waals surface area contributed by atoms with Crippen LogP contribution < -0.4 is 4.90 Å². The summed E-state index contributed by atoms with van der Waals surface area (Å²) in [5.74, 6) is 0. The van der Waals surface area contributed by atoms with Crippen molar-refractivity contribution in [3.05, 3.63) is 255 Å². The van der Waals surface area contributed by atoms with E-state index in [4.69, 9.17) is 4.42 Å². The summed E-state index contributed by atoms with van der Waals surface area (Å²) in [7, 11) is 0. The Morgan fingerprint density at radius 1 is 0.290 bits per heavy atom. The van der Waals surface area contributed by atoms with Crippen LogP contribution in [0.15, 0.2) is 259 Å². The number of rotatable bonds is 7. The lowest BCUT2D eigenvalue weighted by molar-refractivity contribution is 0.674. The SMILES string of the molecule is c1cc(-c2ccc3ccc4ccccc4c3c2)cc(N(c2ccc(-c3cccc(-n4c5ccccc5c5ccccc54)c3)cc2)c2ccccc2-c2cccc3c2oc2c4ccccc4ccc32)c1. The van der Waals surface area contributed by atoms with Crippen LogP contribution in [0.4, 0.5) is 17.1 Å². The van der Waals surface area contributed by atoms with Gasteiger partial charge in [-0.25, -0.2) is 0 Å². The second-order valence-electron chi connectivity index (χ2n) is 18.0. The van der Waals surface area contributed by atoms with Gasteiger partial charge in [-0.2, -0.15) is 0 Å². The van der Waals surface area contributed by atoms with Gasteiger partial charge >= 0.3 is 0 Å². The molecule has 0 aliphatic carbocycles. The Morgan fingerprint density at radius 3 is 1.62 bits per heavy atom. The lowest BCUT2D eigenvalue weighted by Crippen LogP contribution is -2.11. The number of aromatic nitrogens is 1. The minimum absolute atomic E-state index is 0.881. The molecular formula is C66H42N2O. The van der Waals surface area contributed by atoms with Gasteiger partial charge < -0.3 is 13.9 Å². The van der Waals surface area contributed by atoms with Crippen LogP contribution in [0.2, 0.25) is 0 Å². The van der Waals surface area contributed by atoms with Crippen molar-refractivity contribution in [2.75, 3.05) is 4.90 Å². The van der Waals surface area contributed by atoms with E-state index in [0.717, 1.165) is 77.9 Å². The molecule has 0 unspecified atom stereocenters. The van der Waals surface area contributed by atoms with Crippen LogP contribution >= 0.6 is 0 Å². The Balaban J connectivity index is 0.927. The quantitative estimate of drug-likeness (QED) is 0.149. The zero-order valence-corrected chi connectivity index (χ0v) is 37.6. The van der Waals surface area contributed by atoms with Crippen molar-refractivity contribution in [1.29, 1.82) is 0 Å². The highest BCUT2D eigenvalue weighted by Gasteiger charge is 2.22. The molecule has 3 heteroatoms. The molecule has 12 aromatic carbocycles. The van der Waals surface area contributed by atoms with E-state index in [-0.39, 0.29) is 0 Å². The minimum Gasteiger partial charge on any atom is -0.455 e. The monoisotopic (exact) mass is 878 g/mol. The summed E-state index contributed by atoms with van der Waals surface area (Å²) in [6.07, 6.45) is 0. The third kappa shape index (κ3) is 6.36. The average Bonchev–Trinajstić information content (AvgIpc) is 3.98. The van der Waals surface area contributed by atoms with Gasteiger partial charge in [-0.15, -0.1) is 0 Å². The van der Waals surface area contributed by atoms with Crippen molar-refractivity contribution < 1.29 is 4.42 Å². The molecule has 0 saturated heterocycles. The van der Waals surface area contributed by atoms with E-state index in [0.29, 0.717) is 0 Å². The summed E-state index contributed by atoms with van der Waals surface area (Å²) in [4.78, 5) is 2.41. The zero-order valence-electron chi connectivity index (χ0n) is 37.6. The number of para-hydroxylation sites is 4. The Hall–Kier alpha value is -9.18. The minimum atomic E-state index is 0.881. The Labute approximate surface area is 399 Å². The highest BCUT2D eigenvalue weighted by molar-refractivity contribution is 6.18. The molecule has 0 saturated carbocycles. The second kappa shape index (κ2) is 15.7. The lowest BCUT2D eigenvalue weighted by atomic mass is 9.96. The molecule has 0 radical (unpaired) electrons. The summed E-state index contributed by atoms with van der Waals surface area (Å²) < 4.78 is 9.35. The first-order valence-electron chi connectivity index (χ1n) is 23.7. The van der Waals surface area contributed by atoms with E-state index in [2.05, 4.69) is 264 Å². The molecule has 0 atom stereocenters. The predicted octanol–water partition coefficient (Wildman–Crippen LogP) is 18.6. The first kappa shape index (κ1) is 39.0. The van der Waals surface area contributed by atoms with Crippen LogP contribution in [0, 0.1) is 0 Å². The van der Waals surface area contributed by atoms with E-state index in [1.807, 2.05) is 0 Å². The van der Waals surface area contributed by atoms with Crippen molar-refractivity contribution >= 4 is 93.1 Å². The number of benzene rings is 12. The summed E-state index contributed by atoms with van der Waals surface area (Å²) in [6, 6.07) is 92.5. The highest BCUT2D eigenvalue weighted by atomic mass is 16.3. The van der Waals surface area contributed by atoms with Crippen molar-refractivity contribution in [3.8, 4) is 39.1 Å². The van der Waals surface area contributed by atoms with Gasteiger partial charge in [0.2, 0.25) is 0 Å². The summed E-state index contributed by atoms with van der Waals surface area (Å²) in [5, 5.41) is 12.0. The van der Waals surface area contributed by atoms with Gasteiger partial charge in [0.25, 0.3) is 0 Å². The van der Waals surface area contributed by atoms with Gasteiger partial charge in [-0.1, -0.05) is 188 Å².